The molecule has 0 aliphatic rings. The Balaban J connectivity index is 2.03. The molecule has 0 saturated carbocycles. The second kappa shape index (κ2) is 7.69. The summed E-state index contributed by atoms with van der Waals surface area (Å²) in [6.45, 7) is 2.21. The van der Waals surface area contributed by atoms with E-state index in [-0.39, 0.29) is 24.5 Å². The van der Waals surface area contributed by atoms with Crippen molar-refractivity contribution in [3.05, 3.63) is 86.5 Å². The number of H-pyrrole nitrogens is 1. The third kappa shape index (κ3) is 3.66. The van der Waals surface area contributed by atoms with Gasteiger partial charge in [-0.15, -0.1) is 0 Å². The molecule has 7 heteroatoms. The maximum absolute atomic E-state index is 12.3. The Bertz CT molecular complexity index is 1020. The second-order valence-corrected chi connectivity index (χ2v) is 5.73. The molecule has 0 saturated heterocycles. The van der Waals surface area contributed by atoms with Gasteiger partial charge in [0.2, 0.25) is 5.88 Å². The van der Waals surface area contributed by atoms with Crippen LogP contribution in [0.4, 0.5) is 0 Å². The van der Waals surface area contributed by atoms with Crippen LogP contribution in [-0.2, 0) is 13.1 Å². The fourth-order valence-electron chi connectivity index (χ4n) is 2.68. The number of nitrogens with zero attached hydrogens (tertiary/aromatic N) is 2. The summed E-state index contributed by atoms with van der Waals surface area (Å²) in [4.78, 5) is 31.1. The van der Waals surface area contributed by atoms with E-state index in [2.05, 4.69) is 9.98 Å². The van der Waals surface area contributed by atoms with Crippen LogP contribution in [0.5, 0.6) is 5.88 Å². The fraction of sp³-hybridized carbons (Fsp3) is 0.211. The van der Waals surface area contributed by atoms with Crippen LogP contribution in [0.2, 0.25) is 0 Å². The highest BCUT2D eigenvalue weighted by Gasteiger charge is 2.18. The molecule has 0 aliphatic heterocycles. The van der Waals surface area contributed by atoms with Crippen molar-refractivity contribution in [3.63, 3.8) is 0 Å². The largest absolute Gasteiger partial charge is 0.494 e. The Morgan fingerprint density at radius 1 is 1.19 bits per heavy atom. The van der Waals surface area contributed by atoms with Gasteiger partial charge in [0, 0.05) is 0 Å². The van der Waals surface area contributed by atoms with Gasteiger partial charge in [-0.2, -0.15) is 0 Å². The highest BCUT2D eigenvalue weighted by atomic mass is 16.3. The third-order valence-corrected chi connectivity index (χ3v) is 3.98. The quantitative estimate of drug-likeness (QED) is 0.664. The third-order valence-electron chi connectivity index (χ3n) is 3.98. The summed E-state index contributed by atoms with van der Waals surface area (Å²) < 4.78 is 6.36. The molecule has 0 unspecified atom stereocenters. The first-order chi connectivity index (χ1) is 12.6. The van der Waals surface area contributed by atoms with Gasteiger partial charge in [-0.05, 0) is 24.1 Å². The van der Waals surface area contributed by atoms with Crippen LogP contribution in [-0.4, -0.2) is 20.4 Å². The Morgan fingerprint density at radius 3 is 2.62 bits per heavy atom. The summed E-state index contributed by atoms with van der Waals surface area (Å²) in [6, 6.07) is 12.7. The molecule has 134 valence electrons. The number of aromatic nitrogens is 2. The lowest BCUT2D eigenvalue weighted by atomic mass is 10.1. The first-order valence-corrected chi connectivity index (χ1v) is 8.26. The second-order valence-electron chi connectivity index (χ2n) is 5.73. The van der Waals surface area contributed by atoms with E-state index in [0.29, 0.717) is 17.9 Å². The normalized spacial score (nSPS) is 11.7. The van der Waals surface area contributed by atoms with Crippen molar-refractivity contribution in [2.75, 3.05) is 0 Å². The minimum atomic E-state index is -0.665. The lowest BCUT2D eigenvalue weighted by molar-refractivity contribution is 0.407. The van der Waals surface area contributed by atoms with E-state index < -0.39 is 11.2 Å². The van der Waals surface area contributed by atoms with Crippen LogP contribution in [0.3, 0.4) is 0 Å². The standard InChI is InChI=1S/C19H19N3O4/c1-2-15(20-11-14-9-6-10-26-14)16-17(23)21-19(25)22(18(16)24)12-13-7-4-3-5-8-13/h3-10,24H,2,11-12H2,1H3,(H,21,23,25). The molecule has 1 aromatic carbocycles. The van der Waals surface area contributed by atoms with Crippen LogP contribution >= 0.6 is 0 Å². The monoisotopic (exact) mass is 353 g/mol. The summed E-state index contributed by atoms with van der Waals surface area (Å²) in [5, 5.41) is 10.6. The van der Waals surface area contributed by atoms with Crippen molar-refractivity contribution in [2.24, 2.45) is 4.99 Å². The smallest absolute Gasteiger partial charge is 0.331 e. The minimum Gasteiger partial charge on any atom is -0.494 e. The van der Waals surface area contributed by atoms with E-state index in [1.807, 2.05) is 37.3 Å². The first kappa shape index (κ1) is 17.5. The minimum absolute atomic E-state index is 0.00888. The molecule has 3 aromatic rings. The lowest BCUT2D eigenvalue weighted by Gasteiger charge is -2.12. The Kier molecular flexibility index (Phi) is 5.17. The van der Waals surface area contributed by atoms with Crippen LogP contribution in [0, 0.1) is 0 Å². The number of rotatable bonds is 6. The van der Waals surface area contributed by atoms with Crippen LogP contribution in [0.1, 0.15) is 30.2 Å². The van der Waals surface area contributed by atoms with Crippen LogP contribution in [0.25, 0.3) is 0 Å². The van der Waals surface area contributed by atoms with Crippen molar-refractivity contribution in [2.45, 2.75) is 26.4 Å². The van der Waals surface area contributed by atoms with Gasteiger partial charge < -0.3 is 9.52 Å². The van der Waals surface area contributed by atoms with E-state index >= 15 is 0 Å². The number of aliphatic imine (C=N–C) groups is 1. The molecule has 2 heterocycles. The number of benzene rings is 1. The molecule has 2 aromatic heterocycles. The number of furan rings is 1. The molecule has 26 heavy (non-hydrogen) atoms. The molecule has 0 radical (unpaired) electrons. The fourth-order valence-corrected chi connectivity index (χ4v) is 2.68. The topological polar surface area (TPSA) is 101 Å². The van der Waals surface area contributed by atoms with Gasteiger partial charge in [-0.3, -0.25) is 19.3 Å². The molecule has 0 bridgehead atoms. The van der Waals surface area contributed by atoms with E-state index in [1.54, 1.807) is 18.4 Å². The van der Waals surface area contributed by atoms with Crippen LogP contribution in [0.15, 0.2) is 67.7 Å². The molecule has 7 nitrogen and oxygen atoms in total. The predicted octanol–water partition coefficient (Wildman–Crippen LogP) is 2.28. The van der Waals surface area contributed by atoms with Gasteiger partial charge >= 0.3 is 5.69 Å². The van der Waals surface area contributed by atoms with E-state index in [0.717, 1.165) is 10.1 Å². The Hall–Kier alpha value is -3.35. The summed E-state index contributed by atoms with van der Waals surface area (Å²) in [5.74, 6) is 0.257. The zero-order valence-electron chi connectivity index (χ0n) is 14.3. The number of hydrogen-bond donors (Lipinski definition) is 2. The molecule has 2 N–H and O–H groups in total. The highest BCUT2D eigenvalue weighted by molar-refractivity contribution is 6.01. The number of hydrogen-bond acceptors (Lipinski definition) is 5. The Morgan fingerprint density at radius 2 is 1.96 bits per heavy atom. The molecule has 0 fully saturated rings. The van der Waals surface area contributed by atoms with E-state index in [1.165, 1.54) is 0 Å². The molecule has 0 amide bonds. The Labute approximate surface area is 149 Å². The molecule has 0 spiro atoms. The number of nitrogens with one attached hydrogen (secondary N) is 1. The van der Waals surface area contributed by atoms with Crippen molar-refractivity contribution in [1.82, 2.24) is 9.55 Å². The maximum atomic E-state index is 12.3. The summed E-state index contributed by atoms with van der Waals surface area (Å²) >= 11 is 0. The zero-order valence-corrected chi connectivity index (χ0v) is 14.3. The van der Waals surface area contributed by atoms with Gasteiger partial charge in [-0.1, -0.05) is 37.3 Å². The average molecular weight is 353 g/mol. The molecular weight excluding hydrogens is 334 g/mol. The lowest BCUT2D eigenvalue weighted by Crippen LogP contribution is -2.34. The van der Waals surface area contributed by atoms with Gasteiger partial charge in [0.15, 0.2) is 0 Å². The molecule has 0 aliphatic carbocycles. The summed E-state index contributed by atoms with van der Waals surface area (Å²) in [5.41, 5.74) is -0.0801. The van der Waals surface area contributed by atoms with Gasteiger partial charge in [0.05, 0.1) is 25.1 Å². The van der Waals surface area contributed by atoms with Gasteiger partial charge in [-0.25, -0.2) is 4.79 Å². The highest BCUT2D eigenvalue weighted by Crippen LogP contribution is 2.16. The molecule has 0 atom stereocenters. The number of aromatic amines is 1. The van der Waals surface area contributed by atoms with Crippen molar-refractivity contribution < 1.29 is 9.52 Å². The van der Waals surface area contributed by atoms with Crippen molar-refractivity contribution >= 4 is 5.71 Å². The predicted molar refractivity (Wildman–Crippen MR) is 97.8 cm³/mol. The van der Waals surface area contributed by atoms with Gasteiger partial charge in [0.1, 0.15) is 11.3 Å². The summed E-state index contributed by atoms with van der Waals surface area (Å²) in [6.07, 6.45) is 1.96. The molecular formula is C19H19N3O4. The summed E-state index contributed by atoms with van der Waals surface area (Å²) in [7, 11) is 0. The van der Waals surface area contributed by atoms with Gasteiger partial charge in [0.25, 0.3) is 5.56 Å². The van der Waals surface area contributed by atoms with E-state index in [4.69, 9.17) is 4.42 Å². The first-order valence-electron chi connectivity index (χ1n) is 8.26. The number of aromatic hydroxyl groups is 1. The maximum Gasteiger partial charge on any atom is 0.331 e. The molecule has 3 rings (SSSR count). The van der Waals surface area contributed by atoms with E-state index in [9.17, 15) is 14.7 Å². The zero-order chi connectivity index (χ0) is 18.5. The SMILES string of the molecule is CCC(=NCc1ccco1)c1c(O)n(Cc2ccccc2)c(=O)[nH]c1=O. The van der Waals surface area contributed by atoms with Crippen molar-refractivity contribution in [3.8, 4) is 5.88 Å². The average Bonchev–Trinajstić information content (AvgIpc) is 3.15. The van der Waals surface area contributed by atoms with Crippen LogP contribution < -0.4 is 11.2 Å². The van der Waals surface area contributed by atoms with Crippen molar-refractivity contribution in [1.29, 1.82) is 0 Å².